The van der Waals surface area contributed by atoms with E-state index in [-0.39, 0.29) is 18.6 Å². The molecule has 1 aliphatic rings. The molecule has 1 amide bonds. The van der Waals surface area contributed by atoms with Crippen LogP contribution in [0, 0.1) is 17.2 Å². The minimum Gasteiger partial charge on any atom is -0.396 e. The lowest BCUT2D eigenvalue weighted by atomic mass is 9.86. The van der Waals surface area contributed by atoms with Crippen LogP contribution >= 0.6 is 0 Å². The Hall–Kier alpha value is -1.80. The van der Waals surface area contributed by atoms with Crippen molar-refractivity contribution in [3.63, 3.8) is 0 Å². The van der Waals surface area contributed by atoms with Crippen LogP contribution in [-0.2, 0) is 0 Å². The zero-order valence-corrected chi connectivity index (χ0v) is 10.1. The van der Waals surface area contributed by atoms with Crippen LogP contribution < -0.4 is 5.32 Å². The molecule has 0 spiro atoms. The van der Waals surface area contributed by atoms with Crippen LogP contribution in [0.25, 0.3) is 0 Å². The second-order valence-electron chi connectivity index (χ2n) is 4.79. The number of aliphatic hydroxyl groups excluding tert-OH is 1. The van der Waals surface area contributed by atoms with E-state index in [1.165, 1.54) is 0 Å². The largest absolute Gasteiger partial charge is 0.396 e. The summed E-state index contributed by atoms with van der Waals surface area (Å²) in [6.45, 7) is 0.240. The molecule has 3 N–H and O–H groups in total. The minimum absolute atomic E-state index is 0.139. The third-order valence-corrected chi connectivity index (χ3v) is 3.51. The summed E-state index contributed by atoms with van der Waals surface area (Å²) < 4.78 is 0. The van der Waals surface area contributed by atoms with E-state index < -0.39 is 0 Å². The molecule has 5 nitrogen and oxygen atoms in total. The highest BCUT2D eigenvalue weighted by Crippen LogP contribution is 2.23. The molecule has 1 aromatic heterocycles. The molecule has 0 bridgehead atoms. The maximum atomic E-state index is 11.9. The van der Waals surface area contributed by atoms with Gasteiger partial charge in [0, 0.05) is 18.8 Å². The van der Waals surface area contributed by atoms with Crippen molar-refractivity contribution in [2.45, 2.75) is 31.7 Å². The van der Waals surface area contributed by atoms with Gasteiger partial charge in [-0.05, 0) is 37.7 Å². The van der Waals surface area contributed by atoms with Gasteiger partial charge in [-0.25, -0.2) is 0 Å². The second-order valence-corrected chi connectivity index (χ2v) is 4.79. The number of nitrogens with one attached hydrogen (secondary N) is 2. The molecule has 2 rings (SSSR count). The van der Waals surface area contributed by atoms with E-state index in [1.54, 1.807) is 12.3 Å². The number of nitriles is 1. The van der Waals surface area contributed by atoms with Gasteiger partial charge < -0.3 is 15.4 Å². The van der Waals surface area contributed by atoms with Gasteiger partial charge in [0.25, 0.3) is 5.91 Å². The number of aromatic nitrogens is 1. The maximum Gasteiger partial charge on any atom is 0.253 e. The molecule has 0 atom stereocenters. The number of hydrogen-bond acceptors (Lipinski definition) is 3. The number of H-pyrrole nitrogens is 1. The number of carbonyl (C=O) groups excluding carboxylic acids is 1. The van der Waals surface area contributed by atoms with Crippen molar-refractivity contribution < 1.29 is 9.90 Å². The van der Waals surface area contributed by atoms with Gasteiger partial charge in [0.1, 0.15) is 11.8 Å². The van der Waals surface area contributed by atoms with Crippen LogP contribution in [0.4, 0.5) is 0 Å². The van der Waals surface area contributed by atoms with Crippen molar-refractivity contribution in [1.82, 2.24) is 10.3 Å². The van der Waals surface area contributed by atoms with Crippen molar-refractivity contribution in [1.29, 1.82) is 5.26 Å². The Balaban J connectivity index is 1.87. The zero-order chi connectivity index (χ0) is 13.0. The molecule has 1 aliphatic carbocycles. The third-order valence-electron chi connectivity index (χ3n) is 3.51. The van der Waals surface area contributed by atoms with E-state index in [0.29, 0.717) is 17.2 Å². The Morgan fingerprint density at radius 2 is 2.22 bits per heavy atom. The quantitative estimate of drug-likeness (QED) is 0.749. The molecule has 1 aromatic rings. The summed E-state index contributed by atoms with van der Waals surface area (Å²) in [4.78, 5) is 14.6. The number of aromatic amines is 1. The first-order valence-electron chi connectivity index (χ1n) is 6.23. The van der Waals surface area contributed by atoms with Crippen LogP contribution in [-0.4, -0.2) is 28.6 Å². The molecule has 0 radical (unpaired) electrons. The first-order chi connectivity index (χ1) is 8.72. The average Bonchev–Trinajstić information content (AvgIpc) is 2.88. The Morgan fingerprint density at radius 3 is 2.78 bits per heavy atom. The zero-order valence-electron chi connectivity index (χ0n) is 10.1. The SMILES string of the molecule is N#Cc1cc(C(=O)NC2CCC(CO)CC2)c[nH]1. The number of amides is 1. The van der Waals surface area contributed by atoms with Gasteiger partial charge in [0.15, 0.2) is 0 Å². The smallest absolute Gasteiger partial charge is 0.253 e. The van der Waals surface area contributed by atoms with Crippen LogP contribution in [0.5, 0.6) is 0 Å². The number of aliphatic hydroxyl groups is 1. The van der Waals surface area contributed by atoms with Gasteiger partial charge in [0.05, 0.1) is 5.56 Å². The first-order valence-corrected chi connectivity index (χ1v) is 6.23. The van der Waals surface area contributed by atoms with E-state index in [4.69, 9.17) is 10.4 Å². The molecule has 1 fully saturated rings. The van der Waals surface area contributed by atoms with E-state index in [0.717, 1.165) is 25.7 Å². The van der Waals surface area contributed by atoms with E-state index >= 15 is 0 Å². The fraction of sp³-hybridized carbons (Fsp3) is 0.538. The van der Waals surface area contributed by atoms with E-state index in [1.807, 2.05) is 6.07 Å². The Bertz CT molecular complexity index is 453. The van der Waals surface area contributed by atoms with Crippen molar-refractivity contribution in [3.05, 3.63) is 23.5 Å². The van der Waals surface area contributed by atoms with E-state index in [2.05, 4.69) is 10.3 Å². The fourth-order valence-electron chi connectivity index (χ4n) is 2.35. The number of rotatable bonds is 3. The fourth-order valence-corrected chi connectivity index (χ4v) is 2.35. The number of carbonyl (C=O) groups is 1. The molecule has 1 saturated carbocycles. The molecular weight excluding hydrogens is 230 g/mol. The van der Waals surface area contributed by atoms with Crippen LogP contribution in [0.2, 0.25) is 0 Å². The highest BCUT2D eigenvalue weighted by atomic mass is 16.3. The lowest BCUT2D eigenvalue weighted by molar-refractivity contribution is 0.0914. The van der Waals surface area contributed by atoms with Gasteiger partial charge in [-0.15, -0.1) is 0 Å². The van der Waals surface area contributed by atoms with Crippen LogP contribution in [0.1, 0.15) is 41.7 Å². The van der Waals surface area contributed by atoms with Gasteiger partial charge in [-0.3, -0.25) is 4.79 Å². The lowest BCUT2D eigenvalue weighted by Gasteiger charge is -2.27. The molecule has 0 aliphatic heterocycles. The number of hydrogen-bond donors (Lipinski definition) is 3. The molecule has 0 saturated heterocycles. The number of nitrogens with zero attached hydrogens (tertiary/aromatic N) is 1. The Kier molecular flexibility index (Phi) is 4.00. The summed E-state index contributed by atoms with van der Waals surface area (Å²) in [5, 5.41) is 20.7. The van der Waals surface area contributed by atoms with Gasteiger partial charge in [0.2, 0.25) is 0 Å². The van der Waals surface area contributed by atoms with Crippen LogP contribution in [0.15, 0.2) is 12.3 Å². The monoisotopic (exact) mass is 247 g/mol. The molecule has 0 aromatic carbocycles. The summed E-state index contributed by atoms with van der Waals surface area (Å²) in [6.07, 6.45) is 5.28. The summed E-state index contributed by atoms with van der Waals surface area (Å²) in [6, 6.07) is 3.69. The topological polar surface area (TPSA) is 88.9 Å². The highest BCUT2D eigenvalue weighted by Gasteiger charge is 2.22. The Labute approximate surface area is 106 Å². The summed E-state index contributed by atoms with van der Waals surface area (Å²) in [5.41, 5.74) is 0.889. The van der Waals surface area contributed by atoms with Crippen molar-refractivity contribution >= 4 is 5.91 Å². The molecule has 1 heterocycles. The second kappa shape index (κ2) is 5.69. The van der Waals surface area contributed by atoms with Gasteiger partial charge >= 0.3 is 0 Å². The summed E-state index contributed by atoms with van der Waals surface area (Å²) in [5.74, 6) is 0.246. The maximum absolute atomic E-state index is 11.9. The van der Waals surface area contributed by atoms with E-state index in [9.17, 15) is 4.79 Å². The Morgan fingerprint density at radius 1 is 1.50 bits per heavy atom. The van der Waals surface area contributed by atoms with Crippen molar-refractivity contribution in [3.8, 4) is 6.07 Å². The average molecular weight is 247 g/mol. The van der Waals surface area contributed by atoms with Crippen molar-refractivity contribution in [2.75, 3.05) is 6.61 Å². The molecule has 0 unspecified atom stereocenters. The third kappa shape index (κ3) is 2.90. The predicted octanol–water partition coefficient (Wildman–Crippen LogP) is 1.17. The highest BCUT2D eigenvalue weighted by molar-refractivity contribution is 5.94. The standard InChI is InChI=1S/C13H17N3O2/c14-6-12-5-10(7-15-12)13(18)16-11-3-1-9(8-17)2-4-11/h5,7,9,11,15,17H,1-4,8H2,(H,16,18). The molecular formula is C13H17N3O2. The minimum atomic E-state index is -0.139. The molecule has 18 heavy (non-hydrogen) atoms. The molecule has 96 valence electrons. The normalized spacial score (nSPS) is 23.3. The first kappa shape index (κ1) is 12.7. The van der Waals surface area contributed by atoms with Crippen LogP contribution in [0.3, 0.4) is 0 Å². The predicted molar refractivity (Wildman–Crippen MR) is 65.8 cm³/mol. The lowest BCUT2D eigenvalue weighted by Crippen LogP contribution is -2.37. The van der Waals surface area contributed by atoms with Crippen molar-refractivity contribution in [2.24, 2.45) is 5.92 Å². The molecule has 5 heteroatoms. The van der Waals surface area contributed by atoms with Gasteiger partial charge in [-0.2, -0.15) is 5.26 Å². The summed E-state index contributed by atoms with van der Waals surface area (Å²) >= 11 is 0. The van der Waals surface area contributed by atoms with Gasteiger partial charge in [-0.1, -0.05) is 0 Å². The summed E-state index contributed by atoms with van der Waals surface area (Å²) in [7, 11) is 0.